The summed E-state index contributed by atoms with van der Waals surface area (Å²) >= 11 is 0. The van der Waals surface area contributed by atoms with E-state index in [-0.39, 0.29) is 0 Å². The molecule has 1 aliphatic carbocycles. The highest BCUT2D eigenvalue weighted by atomic mass is 14.7. The van der Waals surface area contributed by atoms with Gasteiger partial charge >= 0.3 is 0 Å². The summed E-state index contributed by atoms with van der Waals surface area (Å²) < 4.78 is 0. The Morgan fingerprint density at radius 1 is 1.12 bits per heavy atom. The summed E-state index contributed by atoms with van der Waals surface area (Å²) in [5.41, 5.74) is 11.5. The molecule has 0 radical (unpaired) electrons. The Morgan fingerprint density at radius 3 is 2.29 bits per heavy atom. The van der Waals surface area contributed by atoms with Gasteiger partial charge in [0.25, 0.3) is 0 Å². The maximum absolute atomic E-state index is 4.61. The first-order valence-corrected chi connectivity index (χ1v) is 8.31. The highest BCUT2D eigenvalue weighted by Crippen LogP contribution is 2.42. The molecule has 0 heterocycles. The number of rotatable bonds is 4. The topological polar surface area (TPSA) is 12.4 Å². The molecule has 2 rings (SSSR count). The molecule has 0 saturated carbocycles. The number of allylic oxidation sites excluding steroid dienone is 6. The van der Waals surface area contributed by atoms with Gasteiger partial charge in [0.05, 0.1) is 5.70 Å². The van der Waals surface area contributed by atoms with Gasteiger partial charge in [-0.05, 0) is 73.6 Å². The van der Waals surface area contributed by atoms with Crippen LogP contribution in [0.5, 0.6) is 0 Å². The Bertz CT molecular complexity index is 826. The van der Waals surface area contributed by atoms with E-state index in [0.717, 1.165) is 34.4 Å². The van der Waals surface area contributed by atoms with Crippen molar-refractivity contribution in [2.75, 3.05) is 0 Å². The van der Waals surface area contributed by atoms with Crippen molar-refractivity contribution in [1.82, 2.24) is 0 Å². The summed E-state index contributed by atoms with van der Waals surface area (Å²) in [6.45, 7) is 22.8. The molecule has 0 spiro atoms. The molecule has 1 heteroatoms. The standard InChI is InChI=1S/C23H27N/c1-9-24-22-13-21(17(7)18(8)23(22)15(4)5)20-11-10-19(14(2)3)12-16(20)6/h9-12H,2,4,8,13H2,1,3,5-7H3. The highest BCUT2D eigenvalue weighted by Gasteiger charge is 2.23. The Balaban J connectivity index is 2.58. The van der Waals surface area contributed by atoms with Crippen molar-refractivity contribution in [2.24, 2.45) is 4.99 Å². The first kappa shape index (κ1) is 17.9. The lowest BCUT2D eigenvalue weighted by molar-refractivity contribution is 1.07. The molecule has 0 bridgehead atoms. The number of hydrogen-bond donors (Lipinski definition) is 0. The van der Waals surface area contributed by atoms with E-state index >= 15 is 0 Å². The normalized spacial score (nSPS) is 15.5. The van der Waals surface area contributed by atoms with Gasteiger partial charge in [0.2, 0.25) is 0 Å². The van der Waals surface area contributed by atoms with Gasteiger partial charge in [-0.25, -0.2) is 0 Å². The van der Waals surface area contributed by atoms with E-state index in [4.69, 9.17) is 0 Å². The lowest BCUT2D eigenvalue weighted by Gasteiger charge is -2.26. The van der Waals surface area contributed by atoms with Gasteiger partial charge < -0.3 is 0 Å². The fraction of sp³-hybridized carbons (Fsp3) is 0.261. The van der Waals surface area contributed by atoms with E-state index in [1.165, 1.54) is 27.8 Å². The Hall–Kier alpha value is -2.41. The van der Waals surface area contributed by atoms with Crippen LogP contribution in [-0.4, -0.2) is 6.21 Å². The van der Waals surface area contributed by atoms with E-state index in [1.807, 2.05) is 27.0 Å². The smallest absolute Gasteiger partial charge is 0.0524 e. The largest absolute Gasteiger partial charge is 0.265 e. The molecule has 0 N–H and O–H groups in total. The number of nitrogens with zero attached hydrogens (tertiary/aromatic N) is 1. The fourth-order valence-electron chi connectivity index (χ4n) is 3.27. The molecule has 0 fully saturated rings. The summed E-state index contributed by atoms with van der Waals surface area (Å²) in [5.74, 6) is 0. The molecule has 124 valence electrons. The van der Waals surface area contributed by atoms with Crippen LogP contribution in [0.3, 0.4) is 0 Å². The number of aryl methyl sites for hydroxylation is 1. The molecular weight excluding hydrogens is 290 g/mol. The summed E-state index contributed by atoms with van der Waals surface area (Å²) in [5, 5.41) is 0. The predicted octanol–water partition coefficient (Wildman–Crippen LogP) is 6.68. The minimum absolute atomic E-state index is 0.810. The van der Waals surface area contributed by atoms with Gasteiger partial charge in [-0.3, -0.25) is 4.99 Å². The average molecular weight is 317 g/mol. The maximum Gasteiger partial charge on any atom is 0.0524 e. The second-order valence-corrected chi connectivity index (χ2v) is 6.56. The third kappa shape index (κ3) is 3.26. The molecule has 1 aromatic rings. The van der Waals surface area contributed by atoms with Crippen LogP contribution in [0.15, 0.2) is 70.9 Å². The molecule has 1 aliphatic rings. The molecule has 24 heavy (non-hydrogen) atoms. The van der Waals surface area contributed by atoms with Gasteiger partial charge in [-0.15, -0.1) is 0 Å². The molecule has 0 amide bonds. The van der Waals surface area contributed by atoms with Crippen molar-refractivity contribution in [1.29, 1.82) is 0 Å². The number of hydrogen-bond acceptors (Lipinski definition) is 1. The zero-order valence-corrected chi connectivity index (χ0v) is 15.6. The molecule has 0 atom stereocenters. The highest BCUT2D eigenvalue weighted by molar-refractivity contribution is 5.82. The Morgan fingerprint density at radius 2 is 1.79 bits per heavy atom. The van der Waals surface area contributed by atoms with E-state index in [1.54, 1.807) is 0 Å². The average Bonchev–Trinajstić information content (AvgIpc) is 2.50. The van der Waals surface area contributed by atoms with E-state index in [2.05, 4.69) is 56.8 Å². The first-order valence-electron chi connectivity index (χ1n) is 8.31. The molecule has 1 nitrogen and oxygen atoms in total. The second-order valence-electron chi connectivity index (χ2n) is 6.56. The van der Waals surface area contributed by atoms with E-state index in [9.17, 15) is 0 Å². The van der Waals surface area contributed by atoms with Crippen LogP contribution >= 0.6 is 0 Å². The number of benzene rings is 1. The fourth-order valence-corrected chi connectivity index (χ4v) is 3.27. The summed E-state index contributed by atoms with van der Waals surface area (Å²) in [6, 6.07) is 6.56. The minimum Gasteiger partial charge on any atom is -0.265 e. The molecule has 0 unspecified atom stereocenters. The molecule has 1 aromatic carbocycles. The molecule has 0 saturated heterocycles. The Labute approximate surface area is 146 Å². The van der Waals surface area contributed by atoms with Crippen LogP contribution in [0.2, 0.25) is 0 Å². The van der Waals surface area contributed by atoms with Crippen LogP contribution in [0.25, 0.3) is 11.1 Å². The van der Waals surface area contributed by atoms with E-state index < -0.39 is 0 Å². The minimum atomic E-state index is 0.810. The van der Waals surface area contributed by atoms with Gasteiger partial charge in [0.15, 0.2) is 0 Å². The first-order chi connectivity index (χ1) is 11.3. The van der Waals surface area contributed by atoms with Gasteiger partial charge in [-0.2, -0.15) is 0 Å². The van der Waals surface area contributed by atoms with Crippen molar-refractivity contribution >= 4 is 17.4 Å². The summed E-state index contributed by atoms with van der Waals surface area (Å²) in [7, 11) is 0. The van der Waals surface area contributed by atoms with Crippen LogP contribution in [-0.2, 0) is 0 Å². The zero-order chi connectivity index (χ0) is 18.0. The van der Waals surface area contributed by atoms with E-state index in [0.29, 0.717) is 0 Å². The molecule has 0 aliphatic heterocycles. The molecular formula is C23H27N. The Kier molecular flexibility index (Phi) is 5.23. The van der Waals surface area contributed by atoms with Crippen LogP contribution in [0, 0.1) is 6.92 Å². The third-order valence-electron chi connectivity index (χ3n) is 4.60. The third-order valence-corrected chi connectivity index (χ3v) is 4.60. The monoisotopic (exact) mass is 317 g/mol. The summed E-state index contributed by atoms with van der Waals surface area (Å²) in [4.78, 5) is 4.61. The lowest BCUT2D eigenvalue weighted by atomic mass is 9.80. The van der Waals surface area contributed by atoms with Gasteiger partial charge in [-0.1, -0.05) is 43.5 Å². The van der Waals surface area contributed by atoms with Gasteiger partial charge in [0.1, 0.15) is 0 Å². The van der Waals surface area contributed by atoms with Crippen LogP contribution in [0.4, 0.5) is 0 Å². The van der Waals surface area contributed by atoms with Crippen molar-refractivity contribution < 1.29 is 0 Å². The lowest BCUT2D eigenvalue weighted by Crippen LogP contribution is -2.07. The van der Waals surface area contributed by atoms with Gasteiger partial charge in [0, 0.05) is 18.2 Å². The zero-order valence-electron chi connectivity index (χ0n) is 15.6. The molecule has 0 aromatic heterocycles. The maximum atomic E-state index is 4.61. The predicted molar refractivity (Wildman–Crippen MR) is 108 cm³/mol. The van der Waals surface area contributed by atoms with Crippen LogP contribution < -0.4 is 0 Å². The summed E-state index contributed by atoms with van der Waals surface area (Å²) in [6.07, 6.45) is 2.66. The van der Waals surface area contributed by atoms with Crippen molar-refractivity contribution in [3.63, 3.8) is 0 Å². The van der Waals surface area contributed by atoms with Crippen molar-refractivity contribution in [3.8, 4) is 0 Å². The SMILES string of the molecule is C=C(C)C1=C(N=CC)CC(c2ccc(C(=C)C)cc2C)=C(C)C1=C. The van der Waals surface area contributed by atoms with Crippen LogP contribution in [0.1, 0.15) is 50.8 Å². The quantitative estimate of drug-likeness (QED) is 0.549. The second kappa shape index (κ2) is 7.00. The number of aliphatic imine (C=N–C) groups is 1. The van der Waals surface area contributed by atoms with Crippen molar-refractivity contribution in [3.05, 3.63) is 82.6 Å². The van der Waals surface area contributed by atoms with Crippen molar-refractivity contribution in [2.45, 2.75) is 41.0 Å².